The Balaban J connectivity index is 1.17. The number of aromatic nitrogens is 1. The van der Waals surface area contributed by atoms with Gasteiger partial charge in [-0.3, -0.25) is 0 Å². The van der Waals surface area contributed by atoms with E-state index >= 15 is 0 Å². The van der Waals surface area contributed by atoms with Crippen LogP contribution < -0.4 is 25.9 Å². The van der Waals surface area contributed by atoms with E-state index in [1.54, 1.807) is 13.2 Å². The van der Waals surface area contributed by atoms with Crippen LogP contribution in [0.15, 0.2) is 62.1 Å². The molecule has 1 N–H and O–H groups in total. The van der Waals surface area contributed by atoms with Crippen LogP contribution in [-0.2, 0) is 4.74 Å². The summed E-state index contributed by atoms with van der Waals surface area (Å²) in [6.45, 7) is 5.95. The Bertz CT molecular complexity index is 981. The summed E-state index contributed by atoms with van der Waals surface area (Å²) < 4.78 is 16.0. The number of nitrogens with zero attached hydrogens (tertiary/aromatic N) is 3. The minimum absolute atomic E-state index is 0.0335. The molecule has 6 nitrogen and oxygen atoms in total. The Morgan fingerprint density at radius 2 is 1.97 bits per heavy atom. The van der Waals surface area contributed by atoms with Crippen LogP contribution in [0.2, 0.25) is 0 Å². The maximum absolute atomic E-state index is 9.95. The van der Waals surface area contributed by atoms with Gasteiger partial charge in [0.05, 0.1) is 0 Å². The molecule has 0 atom stereocenters. The van der Waals surface area contributed by atoms with Crippen LogP contribution in [0.3, 0.4) is 0 Å². The molecule has 0 bridgehead atoms. The summed E-state index contributed by atoms with van der Waals surface area (Å²) in [7, 11) is 1.76. The number of phenols is 1. The molecule has 0 saturated carbocycles. The number of piperazine rings is 1. The molecule has 1 aromatic carbocycles. The number of allylic oxidation sites excluding steroid dienone is 2. The van der Waals surface area contributed by atoms with E-state index in [2.05, 4.69) is 35.1 Å². The van der Waals surface area contributed by atoms with Crippen molar-refractivity contribution in [3.05, 3.63) is 62.1 Å². The van der Waals surface area contributed by atoms with Gasteiger partial charge in [-0.2, -0.15) is 0 Å². The number of hydrogen-bond acceptors (Lipinski definition) is 6. The number of aromatic hydroxyl groups is 1. The average Bonchev–Trinajstić information content (AvgIpc) is 3.05. The second-order valence-corrected chi connectivity index (χ2v) is 9.62. The number of para-hydroxylation sites is 1. The molecule has 3 heterocycles. The SMILES string of the molecule is COC1=CC=C[I-]C=C1N1CCN(CCCCOc2ccc3cccc(O)c3n2)CC1. The molecular weight excluding hydrogens is 505 g/mol. The quantitative estimate of drug-likeness (QED) is 0.398. The number of methoxy groups -OCH3 is 1. The van der Waals surface area contributed by atoms with Crippen molar-refractivity contribution < 1.29 is 35.8 Å². The standard InChI is InChI=1S/C24H29IN3O3/c1-30-22-8-5-11-25-18-20(22)28-15-13-27(14-16-28)12-2-3-17-31-23-10-9-19-6-4-7-21(29)24(19)26-23/h4-11,18,29H,2-3,12-17H2,1H3/q-1. The first-order valence-electron chi connectivity index (χ1n) is 10.7. The summed E-state index contributed by atoms with van der Waals surface area (Å²) in [4.78, 5) is 9.42. The third-order valence-electron chi connectivity index (χ3n) is 5.54. The van der Waals surface area contributed by atoms with Gasteiger partial charge in [0.1, 0.15) is 11.3 Å². The predicted octanol–water partition coefficient (Wildman–Crippen LogP) is 0.705. The molecule has 2 aromatic rings. The van der Waals surface area contributed by atoms with Gasteiger partial charge in [-0.05, 0) is 12.1 Å². The Hall–Kier alpha value is -2.26. The Morgan fingerprint density at radius 3 is 2.81 bits per heavy atom. The molecule has 2 aliphatic heterocycles. The van der Waals surface area contributed by atoms with Gasteiger partial charge in [0, 0.05) is 11.5 Å². The van der Waals surface area contributed by atoms with Crippen molar-refractivity contribution in [1.82, 2.24) is 14.8 Å². The van der Waals surface area contributed by atoms with Gasteiger partial charge in [-0.25, -0.2) is 4.98 Å². The number of halogens is 1. The van der Waals surface area contributed by atoms with Crippen molar-refractivity contribution in [3.8, 4) is 11.6 Å². The second-order valence-electron chi connectivity index (χ2n) is 7.56. The number of rotatable bonds is 8. The fourth-order valence-corrected chi connectivity index (χ4v) is 5.52. The molecule has 0 aliphatic carbocycles. The van der Waals surface area contributed by atoms with Crippen LogP contribution in [0.5, 0.6) is 11.6 Å². The number of unbranched alkanes of at least 4 members (excludes halogenated alkanes) is 1. The number of benzene rings is 1. The maximum atomic E-state index is 9.95. The van der Waals surface area contributed by atoms with Crippen molar-refractivity contribution in [2.24, 2.45) is 0 Å². The van der Waals surface area contributed by atoms with Crippen molar-refractivity contribution >= 4 is 10.9 Å². The number of hydrogen-bond donors (Lipinski definition) is 1. The summed E-state index contributed by atoms with van der Waals surface area (Å²) in [5.41, 5.74) is 1.85. The molecule has 1 aromatic heterocycles. The molecule has 166 valence electrons. The summed E-state index contributed by atoms with van der Waals surface area (Å²) >= 11 is -0.0335. The van der Waals surface area contributed by atoms with E-state index in [1.165, 1.54) is 5.70 Å². The number of phenolic OH excluding ortho intramolecular Hbond substituents is 1. The summed E-state index contributed by atoms with van der Waals surface area (Å²) in [5.74, 6) is 1.74. The minimum atomic E-state index is -0.0335. The number of ether oxygens (including phenoxy) is 2. The van der Waals surface area contributed by atoms with E-state index in [1.807, 2.05) is 24.3 Å². The monoisotopic (exact) mass is 534 g/mol. The number of fused-ring (bicyclic) bond motifs is 1. The van der Waals surface area contributed by atoms with Gasteiger partial charge in [0.2, 0.25) is 0 Å². The number of pyridine rings is 1. The zero-order valence-electron chi connectivity index (χ0n) is 17.8. The summed E-state index contributed by atoms with van der Waals surface area (Å²) in [6.07, 6.45) is 6.28. The normalized spacial score (nSPS) is 17.5. The van der Waals surface area contributed by atoms with Crippen LogP contribution in [0, 0.1) is 0 Å². The molecule has 0 radical (unpaired) electrons. The van der Waals surface area contributed by atoms with Gasteiger partial charge in [-0.1, -0.05) is 12.1 Å². The zero-order chi connectivity index (χ0) is 21.5. The predicted molar refractivity (Wildman–Crippen MR) is 118 cm³/mol. The topological polar surface area (TPSA) is 58.1 Å². The second kappa shape index (κ2) is 10.9. The van der Waals surface area contributed by atoms with Crippen LogP contribution in [0.1, 0.15) is 12.8 Å². The third-order valence-corrected chi connectivity index (χ3v) is 7.32. The van der Waals surface area contributed by atoms with Crippen molar-refractivity contribution in [2.75, 3.05) is 46.4 Å². The van der Waals surface area contributed by atoms with Crippen LogP contribution in [-0.4, -0.2) is 66.3 Å². The van der Waals surface area contributed by atoms with E-state index in [0.717, 1.165) is 56.7 Å². The van der Waals surface area contributed by atoms with Gasteiger partial charge < -0.3 is 5.11 Å². The molecule has 0 unspecified atom stereocenters. The molecule has 0 amide bonds. The molecule has 4 rings (SSSR count). The third kappa shape index (κ3) is 5.71. The van der Waals surface area contributed by atoms with Gasteiger partial charge in [0.25, 0.3) is 0 Å². The Labute approximate surface area is 194 Å². The van der Waals surface area contributed by atoms with E-state index in [9.17, 15) is 5.11 Å². The van der Waals surface area contributed by atoms with Crippen LogP contribution >= 0.6 is 0 Å². The summed E-state index contributed by atoms with van der Waals surface area (Å²) in [6, 6.07) is 9.20. The van der Waals surface area contributed by atoms with Crippen LogP contribution in [0.25, 0.3) is 10.9 Å². The molecule has 0 spiro atoms. The average molecular weight is 534 g/mol. The molecular formula is C24H29IN3O3-. The van der Waals surface area contributed by atoms with E-state index in [4.69, 9.17) is 9.47 Å². The van der Waals surface area contributed by atoms with Crippen molar-refractivity contribution in [3.63, 3.8) is 0 Å². The van der Waals surface area contributed by atoms with Crippen LogP contribution in [0.4, 0.5) is 0 Å². The molecule has 1 saturated heterocycles. The zero-order valence-corrected chi connectivity index (χ0v) is 20.0. The Morgan fingerprint density at radius 1 is 1.10 bits per heavy atom. The first-order chi connectivity index (χ1) is 15.2. The first kappa shape index (κ1) is 22.0. The van der Waals surface area contributed by atoms with Gasteiger partial charge in [-0.15, -0.1) is 0 Å². The molecule has 7 heteroatoms. The molecule has 2 aliphatic rings. The Kier molecular flexibility index (Phi) is 7.69. The van der Waals surface area contributed by atoms with Gasteiger partial charge in [0.15, 0.2) is 0 Å². The summed E-state index contributed by atoms with van der Waals surface area (Å²) in [5, 5.41) is 10.9. The van der Waals surface area contributed by atoms with Crippen molar-refractivity contribution in [1.29, 1.82) is 0 Å². The molecule has 1 fully saturated rings. The molecule has 31 heavy (non-hydrogen) atoms. The first-order valence-corrected chi connectivity index (χ1v) is 13.2. The van der Waals surface area contributed by atoms with Crippen molar-refractivity contribution in [2.45, 2.75) is 12.8 Å². The van der Waals surface area contributed by atoms with E-state index < -0.39 is 0 Å². The fourth-order valence-electron chi connectivity index (χ4n) is 3.82. The van der Waals surface area contributed by atoms with E-state index in [0.29, 0.717) is 18.0 Å². The van der Waals surface area contributed by atoms with E-state index in [-0.39, 0.29) is 27.0 Å². The fraction of sp³-hybridized carbons (Fsp3) is 0.375. The van der Waals surface area contributed by atoms with Gasteiger partial charge >= 0.3 is 137 Å².